The Kier molecular flexibility index (Phi) is 14.2. The number of pyridine rings is 1. The van der Waals surface area contributed by atoms with Crippen LogP contribution in [-0.2, 0) is 20.9 Å². The van der Waals surface area contributed by atoms with Crippen molar-refractivity contribution in [3.63, 3.8) is 0 Å². The van der Waals surface area contributed by atoms with Crippen LogP contribution in [0.3, 0.4) is 0 Å². The minimum absolute atomic E-state index is 0.121. The number of rotatable bonds is 5. The largest absolute Gasteiger partial charge is 0.496 e. The quantitative estimate of drug-likeness (QED) is 0.258. The number of ether oxygens (including phenoxy) is 3. The van der Waals surface area contributed by atoms with Gasteiger partial charge in [0, 0.05) is 24.7 Å². The van der Waals surface area contributed by atoms with Crippen LogP contribution in [0.1, 0.15) is 60.0 Å². The van der Waals surface area contributed by atoms with Gasteiger partial charge in [-0.15, -0.1) is 0 Å². The van der Waals surface area contributed by atoms with Crippen molar-refractivity contribution in [3.05, 3.63) is 77.1 Å². The van der Waals surface area contributed by atoms with Crippen LogP contribution in [0.5, 0.6) is 23.0 Å². The number of carbonyl (C=O) groups is 5. The first kappa shape index (κ1) is 40.9. The summed E-state index contributed by atoms with van der Waals surface area (Å²) in [7, 11) is 2.88. The molecule has 2 bridgehead atoms. The van der Waals surface area contributed by atoms with Gasteiger partial charge in [-0.3, -0.25) is 24.0 Å². The van der Waals surface area contributed by atoms with Crippen molar-refractivity contribution in [1.29, 1.82) is 0 Å². The standard InChI is InChI=1S/C37H44F2N6O9/c1-20(2)31-35(49)42-18-24-26(52-4)9-8-10-27(24)54-29-15-22(11-12-28(29)53-5)34(48)40-13-6-7-14-45(37(51)33-25(39)16-23(38)17-41-33)19-30(47)43-32(21(3)46)36(50)44-31/h8-12,15-17,20-21,31-32,46H,6-7,13-14,18-19H2,1-5H3,(H,40,48)(H,42,49)(H,43,47)(H,44,50)/t21-,31-,32+/m1/s1. The molecule has 2 heterocycles. The van der Waals surface area contributed by atoms with Gasteiger partial charge in [0.2, 0.25) is 17.7 Å². The zero-order valence-electron chi connectivity index (χ0n) is 30.5. The van der Waals surface area contributed by atoms with E-state index in [0.717, 1.165) is 4.90 Å². The molecule has 1 aliphatic rings. The summed E-state index contributed by atoms with van der Waals surface area (Å²) in [4.78, 5) is 71.4. The Morgan fingerprint density at radius 1 is 0.926 bits per heavy atom. The Bertz CT molecular complexity index is 1860. The lowest BCUT2D eigenvalue weighted by atomic mass is 10.0. The lowest BCUT2D eigenvalue weighted by Crippen LogP contribution is -2.59. The van der Waals surface area contributed by atoms with Crippen molar-refractivity contribution in [3.8, 4) is 23.0 Å². The number of aliphatic hydroxyl groups is 1. The van der Waals surface area contributed by atoms with Crippen LogP contribution >= 0.6 is 0 Å². The molecular formula is C37H44F2N6O9. The zero-order valence-corrected chi connectivity index (χ0v) is 30.5. The summed E-state index contributed by atoms with van der Waals surface area (Å²) in [5.74, 6) is -5.45. The highest BCUT2D eigenvalue weighted by atomic mass is 19.1. The molecule has 0 saturated heterocycles. The SMILES string of the molecule is COc1ccc2cc1Oc1cccc(OC)c1CNC(=O)[C@@H](C(C)C)NC(=O)[C@H]([C@@H](C)O)NC(=O)CN(C(=O)c1ncc(F)cc1F)CCCCNC2=O. The monoisotopic (exact) mass is 754 g/mol. The maximum atomic E-state index is 14.6. The predicted molar refractivity (Wildman–Crippen MR) is 190 cm³/mol. The predicted octanol–water partition coefficient (Wildman–Crippen LogP) is 2.46. The fourth-order valence-electron chi connectivity index (χ4n) is 5.59. The molecule has 0 aliphatic carbocycles. The fourth-order valence-corrected chi connectivity index (χ4v) is 5.59. The van der Waals surface area contributed by atoms with Gasteiger partial charge < -0.3 is 45.5 Å². The molecule has 1 aromatic heterocycles. The van der Waals surface area contributed by atoms with E-state index in [1.807, 2.05) is 0 Å². The minimum Gasteiger partial charge on any atom is -0.496 e. The van der Waals surface area contributed by atoms with Gasteiger partial charge in [0.1, 0.15) is 29.4 Å². The Balaban J connectivity index is 1.69. The second kappa shape index (κ2) is 18.8. The number of halogens is 2. The first-order chi connectivity index (χ1) is 25.7. The Labute approximate surface area is 310 Å². The van der Waals surface area contributed by atoms with E-state index in [9.17, 15) is 37.9 Å². The van der Waals surface area contributed by atoms with E-state index in [1.165, 1.54) is 27.2 Å². The molecule has 0 radical (unpaired) electrons. The molecule has 17 heteroatoms. The first-order valence-corrected chi connectivity index (χ1v) is 17.2. The molecule has 15 nitrogen and oxygen atoms in total. The molecule has 3 atom stereocenters. The van der Waals surface area contributed by atoms with Crippen molar-refractivity contribution >= 4 is 29.5 Å². The summed E-state index contributed by atoms with van der Waals surface area (Å²) < 4.78 is 45.4. The summed E-state index contributed by atoms with van der Waals surface area (Å²) >= 11 is 0. The Morgan fingerprint density at radius 3 is 2.33 bits per heavy atom. The summed E-state index contributed by atoms with van der Waals surface area (Å²) in [6.45, 7) is 3.81. The van der Waals surface area contributed by atoms with E-state index in [0.29, 0.717) is 35.7 Å². The minimum atomic E-state index is -1.57. The second-order valence-electron chi connectivity index (χ2n) is 12.8. The van der Waals surface area contributed by atoms with Gasteiger partial charge in [-0.2, -0.15) is 0 Å². The number of fused-ring (bicyclic) bond motifs is 3. The molecule has 0 unspecified atom stereocenters. The smallest absolute Gasteiger partial charge is 0.275 e. The van der Waals surface area contributed by atoms with Crippen molar-refractivity contribution < 1.29 is 52.1 Å². The molecule has 290 valence electrons. The molecule has 5 N–H and O–H groups in total. The van der Waals surface area contributed by atoms with E-state index in [1.54, 1.807) is 44.2 Å². The number of amides is 5. The molecule has 4 rings (SSSR count). The topological polar surface area (TPSA) is 198 Å². The highest BCUT2D eigenvalue weighted by molar-refractivity contribution is 5.97. The lowest BCUT2D eigenvalue weighted by Gasteiger charge is -2.28. The van der Waals surface area contributed by atoms with E-state index < -0.39 is 77.5 Å². The van der Waals surface area contributed by atoms with E-state index in [4.69, 9.17) is 14.2 Å². The zero-order chi connectivity index (χ0) is 39.5. The molecule has 54 heavy (non-hydrogen) atoms. The number of aromatic nitrogens is 1. The number of hydrogen-bond acceptors (Lipinski definition) is 10. The average molecular weight is 755 g/mol. The van der Waals surface area contributed by atoms with Gasteiger partial charge in [-0.05, 0) is 56.0 Å². The third-order valence-corrected chi connectivity index (χ3v) is 8.50. The van der Waals surface area contributed by atoms with Gasteiger partial charge in [0.15, 0.2) is 23.0 Å². The van der Waals surface area contributed by atoms with Crippen LogP contribution in [0.15, 0.2) is 48.7 Å². The van der Waals surface area contributed by atoms with Gasteiger partial charge >= 0.3 is 0 Å². The van der Waals surface area contributed by atoms with Gasteiger partial charge in [0.05, 0.1) is 45.2 Å². The molecule has 0 fully saturated rings. The van der Waals surface area contributed by atoms with E-state index in [2.05, 4.69) is 26.3 Å². The molecule has 0 saturated carbocycles. The second-order valence-corrected chi connectivity index (χ2v) is 12.8. The van der Waals surface area contributed by atoms with E-state index >= 15 is 0 Å². The molecule has 3 aromatic rings. The molecule has 1 aliphatic heterocycles. The summed E-state index contributed by atoms with van der Waals surface area (Å²) in [5, 5.41) is 21.1. The summed E-state index contributed by atoms with van der Waals surface area (Å²) in [6.07, 6.45) is -0.278. The Hall–Kier alpha value is -5.84. The van der Waals surface area contributed by atoms with Crippen molar-refractivity contribution in [1.82, 2.24) is 31.2 Å². The summed E-state index contributed by atoms with van der Waals surface area (Å²) in [5.41, 5.74) is -0.0688. The van der Waals surface area contributed by atoms with Gasteiger partial charge in [0.25, 0.3) is 11.8 Å². The van der Waals surface area contributed by atoms with Crippen LogP contribution in [0.4, 0.5) is 8.78 Å². The number of carbonyl (C=O) groups excluding carboxylic acids is 5. The molecule has 2 aromatic carbocycles. The third-order valence-electron chi connectivity index (χ3n) is 8.50. The van der Waals surface area contributed by atoms with Crippen LogP contribution in [-0.4, -0.2) is 96.6 Å². The first-order valence-electron chi connectivity index (χ1n) is 17.2. The number of methoxy groups -OCH3 is 2. The van der Waals surface area contributed by atoms with Gasteiger partial charge in [-0.1, -0.05) is 19.9 Å². The number of nitrogens with one attached hydrogen (secondary N) is 4. The Morgan fingerprint density at radius 2 is 1.67 bits per heavy atom. The molecule has 5 amide bonds. The highest BCUT2D eigenvalue weighted by Gasteiger charge is 2.33. The average Bonchev–Trinajstić information content (AvgIpc) is 3.13. The summed E-state index contributed by atoms with van der Waals surface area (Å²) in [6, 6.07) is 7.34. The maximum absolute atomic E-state index is 14.6. The van der Waals surface area contributed by atoms with Crippen LogP contribution in [0.2, 0.25) is 0 Å². The number of benzene rings is 2. The van der Waals surface area contributed by atoms with Crippen molar-refractivity contribution in [2.45, 2.75) is 58.3 Å². The van der Waals surface area contributed by atoms with Crippen molar-refractivity contribution in [2.75, 3.05) is 33.9 Å². The highest BCUT2D eigenvalue weighted by Crippen LogP contribution is 2.37. The fraction of sp³-hybridized carbons (Fsp3) is 0.405. The third kappa shape index (κ3) is 10.4. The lowest BCUT2D eigenvalue weighted by molar-refractivity contribution is -0.135. The van der Waals surface area contributed by atoms with Crippen LogP contribution < -0.4 is 35.5 Å². The maximum Gasteiger partial charge on any atom is 0.275 e. The van der Waals surface area contributed by atoms with Gasteiger partial charge in [-0.25, -0.2) is 13.8 Å². The molecular weight excluding hydrogens is 710 g/mol. The number of nitrogens with zero attached hydrogens (tertiary/aromatic N) is 2. The van der Waals surface area contributed by atoms with Crippen LogP contribution in [0, 0.1) is 17.6 Å². The number of aliphatic hydroxyl groups excluding tert-OH is 1. The van der Waals surface area contributed by atoms with Crippen molar-refractivity contribution in [2.24, 2.45) is 5.92 Å². The van der Waals surface area contributed by atoms with E-state index in [-0.39, 0.29) is 43.1 Å². The van der Waals surface area contributed by atoms with Crippen LogP contribution in [0.25, 0.3) is 0 Å². The normalized spacial score (nSPS) is 18.6. The number of hydrogen-bond donors (Lipinski definition) is 5. The molecule has 0 spiro atoms.